The van der Waals surface area contributed by atoms with Crippen molar-refractivity contribution in [1.82, 2.24) is 15.4 Å². The van der Waals surface area contributed by atoms with Crippen molar-refractivity contribution < 1.29 is 18.8 Å². The summed E-state index contributed by atoms with van der Waals surface area (Å²) in [6.45, 7) is 2.96. The predicted octanol–water partition coefficient (Wildman–Crippen LogP) is 2.44. The highest BCUT2D eigenvalue weighted by atomic mass is 16.5. The van der Waals surface area contributed by atoms with Gasteiger partial charge in [-0.05, 0) is 59.2 Å². The third-order valence-electron chi connectivity index (χ3n) is 7.48. The zero-order valence-electron chi connectivity index (χ0n) is 16.3. The number of piperidine rings is 2. The normalized spacial score (nSPS) is 31.8. The maximum atomic E-state index is 12.4. The van der Waals surface area contributed by atoms with Crippen LogP contribution in [0.5, 0.6) is 5.75 Å². The molecule has 5 fully saturated rings. The van der Waals surface area contributed by atoms with Gasteiger partial charge in [-0.2, -0.15) is 0 Å². The number of nitrogens with zero attached hydrogens (tertiary/aromatic N) is 2. The summed E-state index contributed by atoms with van der Waals surface area (Å²) in [7, 11) is 0. The van der Waals surface area contributed by atoms with Gasteiger partial charge in [0.25, 0.3) is 0 Å². The van der Waals surface area contributed by atoms with Crippen LogP contribution in [0, 0.1) is 17.8 Å². The summed E-state index contributed by atoms with van der Waals surface area (Å²) in [4.78, 5) is 26.4. The van der Waals surface area contributed by atoms with Crippen molar-refractivity contribution in [2.24, 2.45) is 17.8 Å². The SMILES string of the molecule is O=C1CCC(c2noc3ccc4cc(OCCN5CC6C7C6C75)ccc4c23)C(=O)N1. The molecule has 30 heavy (non-hydrogen) atoms. The van der Waals surface area contributed by atoms with Gasteiger partial charge in [-0.25, -0.2) is 0 Å². The molecular weight excluding hydrogens is 382 g/mol. The summed E-state index contributed by atoms with van der Waals surface area (Å²) in [6.07, 6.45) is 0.761. The lowest BCUT2D eigenvalue weighted by Crippen LogP contribution is -2.39. The predicted molar refractivity (Wildman–Crippen MR) is 108 cm³/mol. The number of hydrogen-bond donors (Lipinski definition) is 1. The highest BCUT2D eigenvalue weighted by Gasteiger charge is 2.79. The van der Waals surface area contributed by atoms with Gasteiger partial charge < -0.3 is 9.26 Å². The summed E-state index contributed by atoms with van der Waals surface area (Å²) in [5.74, 6) is 2.88. The minimum absolute atomic E-state index is 0.233. The summed E-state index contributed by atoms with van der Waals surface area (Å²) in [6, 6.07) is 10.7. The van der Waals surface area contributed by atoms with Crippen molar-refractivity contribution in [2.75, 3.05) is 19.7 Å². The largest absolute Gasteiger partial charge is 0.492 e. The van der Waals surface area contributed by atoms with E-state index < -0.39 is 5.92 Å². The number of carbonyl (C=O) groups excluding carboxylic acids is 2. The quantitative estimate of drug-likeness (QED) is 0.659. The van der Waals surface area contributed by atoms with E-state index >= 15 is 0 Å². The fraction of sp³-hybridized carbons (Fsp3) is 0.435. The lowest BCUT2D eigenvalue weighted by Gasteiger charge is -2.19. The van der Waals surface area contributed by atoms with Crippen LogP contribution in [0.3, 0.4) is 0 Å². The van der Waals surface area contributed by atoms with Crippen molar-refractivity contribution in [3.63, 3.8) is 0 Å². The number of imide groups is 1. The molecule has 2 aliphatic carbocycles. The van der Waals surface area contributed by atoms with Gasteiger partial charge in [0.1, 0.15) is 18.1 Å². The van der Waals surface area contributed by atoms with Crippen molar-refractivity contribution in [3.8, 4) is 5.75 Å². The van der Waals surface area contributed by atoms with Crippen LogP contribution in [0.2, 0.25) is 0 Å². The van der Waals surface area contributed by atoms with E-state index in [1.807, 2.05) is 30.3 Å². The van der Waals surface area contributed by atoms with Gasteiger partial charge in [-0.3, -0.25) is 19.8 Å². The van der Waals surface area contributed by atoms with E-state index in [-0.39, 0.29) is 11.8 Å². The average molecular weight is 403 g/mol. The number of nitrogens with one attached hydrogen (secondary N) is 1. The molecule has 1 N–H and O–H groups in total. The molecule has 3 saturated heterocycles. The molecule has 2 amide bonds. The summed E-state index contributed by atoms with van der Waals surface area (Å²) < 4.78 is 11.5. The van der Waals surface area contributed by atoms with Gasteiger partial charge in [-0.1, -0.05) is 11.2 Å². The molecule has 3 aliphatic heterocycles. The lowest BCUT2D eigenvalue weighted by atomic mass is 9.91. The topological polar surface area (TPSA) is 84.7 Å². The molecule has 8 rings (SSSR count). The number of hydrogen-bond acceptors (Lipinski definition) is 6. The number of carbonyl (C=O) groups is 2. The molecule has 2 aromatic carbocycles. The average Bonchev–Trinajstić information content (AvgIpc) is 3.44. The third kappa shape index (κ3) is 2.32. The van der Waals surface area contributed by atoms with Gasteiger partial charge >= 0.3 is 0 Å². The second kappa shape index (κ2) is 5.82. The number of benzene rings is 2. The first-order valence-corrected chi connectivity index (χ1v) is 10.7. The molecule has 1 aromatic heterocycles. The second-order valence-corrected chi connectivity index (χ2v) is 9.05. The second-order valence-electron chi connectivity index (χ2n) is 9.05. The van der Waals surface area contributed by atoms with E-state index in [0.717, 1.165) is 52.2 Å². The third-order valence-corrected chi connectivity index (χ3v) is 7.48. The summed E-state index contributed by atoms with van der Waals surface area (Å²) >= 11 is 0. The summed E-state index contributed by atoms with van der Waals surface area (Å²) in [5.41, 5.74) is 1.25. The van der Waals surface area contributed by atoms with E-state index in [9.17, 15) is 9.59 Å². The standard InChI is InChI=1S/C23H21N3O4/c27-17-6-4-14(23(28)24-17)21-18-13-3-2-12(9-11(13)1-5-16(18)30-25-21)29-8-7-26-10-15-19-20(15)22(19)26/h1-3,5,9,14-15,19-20,22H,4,6-8,10H2,(H,24,27,28). The zero-order valence-corrected chi connectivity index (χ0v) is 16.3. The number of rotatable bonds is 5. The molecular formula is C23H21N3O4. The number of fused-ring (bicyclic) bond motifs is 4. The molecule has 3 unspecified atom stereocenters. The smallest absolute Gasteiger partial charge is 0.235 e. The van der Waals surface area contributed by atoms with Crippen LogP contribution < -0.4 is 10.1 Å². The fourth-order valence-corrected chi connectivity index (χ4v) is 5.83. The van der Waals surface area contributed by atoms with Crippen molar-refractivity contribution in [3.05, 3.63) is 36.0 Å². The molecule has 3 atom stereocenters. The molecule has 5 aliphatic rings. The fourth-order valence-electron chi connectivity index (χ4n) is 5.83. The highest BCUT2D eigenvalue weighted by Crippen LogP contribution is 2.75. The van der Waals surface area contributed by atoms with E-state index in [1.165, 1.54) is 6.54 Å². The molecule has 3 aromatic rings. The van der Waals surface area contributed by atoms with Gasteiger partial charge in [-0.15, -0.1) is 0 Å². The first kappa shape index (κ1) is 16.8. The maximum Gasteiger partial charge on any atom is 0.235 e. The monoisotopic (exact) mass is 403 g/mol. The van der Waals surface area contributed by atoms with Crippen LogP contribution in [0.15, 0.2) is 34.9 Å². The Labute approximate surface area is 172 Å². The molecule has 7 heteroatoms. The van der Waals surface area contributed by atoms with Crippen LogP contribution >= 0.6 is 0 Å². The summed E-state index contributed by atoms with van der Waals surface area (Å²) in [5, 5.41) is 9.44. The van der Waals surface area contributed by atoms with Gasteiger partial charge in [0.2, 0.25) is 11.8 Å². The van der Waals surface area contributed by atoms with Crippen LogP contribution in [-0.4, -0.2) is 47.6 Å². The molecule has 7 nitrogen and oxygen atoms in total. The molecule has 4 heterocycles. The van der Waals surface area contributed by atoms with E-state index in [4.69, 9.17) is 9.26 Å². The molecule has 0 spiro atoms. The van der Waals surface area contributed by atoms with E-state index in [2.05, 4.69) is 15.4 Å². The van der Waals surface area contributed by atoms with Crippen molar-refractivity contribution in [2.45, 2.75) is 24.8 Å². The Kier molecular flexibility index (Phi) is 3.26. The van der Waals surface area contributed by atoms with E-state index in [1.54, 1.807) is 0 Å². The number of aromatic nitrogens is 1. The first-order chi connectivity index (χ1) is 14.7. The minimum atomic E-state index is -0.473. The van der Waals surface area contributed by atoms with Crippen LogP contribution in [0.4, 0.5) is 0 Å². The van der Waals surface area contributed by atoms with Crippen molar-refractivity contribution >= 4 is 33.6 Å². The molecule has 2 bridgehead atoms. The van der Waals surface area contributed by atoms with Gasteiger partial charge in [0.15, 0.2) is 5.58 Å². The van der Waals surface area contributed by atoms with E-state index in [0.29, 0.717) is 30.7 Å². The number of amides is 2. The van der Waals surface area contributed by atoms with Gasteiger partial charge in [0, 0.05) is 25.6 Å². The molecule has 152 valence electrons. The zero-order chi connectivity index (χ0) is 20.0. The number of ether oxygens (including phenoxy) is 1. The Hall–Kier alpha value is -2.93. The Morgan fingerprint density at radius 2 is 2.10 bits per heavy atom. The Bertz CT molecular complexity index is 1220. The van der Waals surface area contributed by atoms with Crippen LogP contribution in [-0.2, 0) is 9.59 Å². The van der Waals surface area contributed by atoms with Crippen LogP contribution in [0.25, 0.3) is 21.7 Å². The Morgan fingerprint density at radius 3 is 2.90 bits per heavy atom. The van der Waals surface area contributed by atoms with Gasteiger partial charge in [0.05, 0.1) is 11.3 Å². The van der Waals surface area contributed by atoms with Crippen molar-refractivity contribution in [1.29, 1.82) is 0 Å². The first-order valence-electron chi connectivity index (χ1n) is 10.7. The maximum absolute atomic E-state index is 12.4. The Balaban J connectivity index is 1.16. The Morgan fingerprint density at radius 1 is 1.20 bits per heavy atom. The highest BCUT2D eigenvalue weighted by molar-refractivity contribution is 6.10. The molecule has 0 radical (unpaired) electrons. The minimum Gasteiger partial charge on any atom is -0.492 e. The van der Waals surface area contributed by atoms with Crippen LogP contribution in [0.1, 0.15) is 24.5 Å². The lowest BCUT2D eigenvalue weighted by molar-refractivity contribution is -0.134. The molecule has 2 saturated carbocycles.